The van der Waals surface area contributed by atoms with Gasteiger partial charge in [0.1, 0.15) is 9.07 Å². The zero-order valence-electron chi connectivity index (χ0n) is 11.9. The zero-order valence-corrected chi connectivity index (χ0v) is 13.5. The van der Waals surface area contributed by atoms with Crippen molar-refractivity contribution in [2.45, 2.75) is 24.8 Å². The topological polar surface area (TPSA) is 69.6 Å². The molecule has 0 amide bonds. The van der Waals surface area contributed by atoms with E-state index in [9.17, 15) is 15.3 Å². The Hall–Kier alpha value is -1.67. The van der Waals surface area contributed by atoms with E-state index in [1.165, 1.54) is 30.1 Å². The summed E-state index contributed by atoms with van der Waals surface area (Å²) < 4.78 is 1.47. The normalized spacial score (nSPS) is 21.7. The van der Waals surface area contributed by atoms with Crippen molar-refractivity contribution in [3.8, 4) is 0 Å². The van der Waals surface area contributed by atoms with E-state index in [2.05, 4.69) is 0 Å². The van der Waals surface area contributed by atoms with Crippen molar-refractivity contribution in [3.05, 3.63) is 39.9 Å². The van der Waals surface area contributed by atoms with Gasteiger partial charge in [-0.2, -0.15) is 0 Å². The molecule has 1 aliphatic heterocycles. The maximum absolute atomic E-state index is 10.8. The lowest BCUT2D eigenvalue weighted by atomic mass is 10.1. The standard InChI is InChI=1S/C13H16N3O3S2/c1-13(2)11(14(3)12(20)21-13)15(17)8-9-5-4-6-10(7-9)16(18)19/h4-8,11,17H,1-3H3/q+1. The van der Waals surface area contributed by atoms with E-state index in [-0.39, 0.29) is 16.6 Å². The van der Waals surface area contributed by atoms with Crippen LogP contribution in [0.25, 0.3) is 0 Å². The highest BCUT2D eigenvalue weighted by Gasteiger charge is 2.51. The number of benzene rings is 1. The predicted molar refractivity (Wildman–Crippen MR) is 86.1 cm³/mol. The van der Waals surface area contributed by atoms with Crippen LogP contribution in [0.1, 0.15) is 19.4 Å². The SMILES string of the molecule is CN1C(=S)SC(C)(C)C1[N+](O)=Cc1cccc([N+](=O)[O-])c1. The molecule has 0 spiro atoms. The minimum atomic E-state index is -0.463. The highest BCUT2D eigenvalue weighted by atomic mass is 32.2. The number of hydrogen-bond acceptors (Lipinski definition) is 5. The average molecular weight is 326 g/mol. The highest BCUT2D eigenvalue weighted by Crippen LogP contribution is 2.40. The van der Waals surface area contributed by atoms with Gasteiger partial charge in [0.05, 0.1) is 4.92 Å². The molecule has 21 heavy (non-hydrogen) atoms. The van der Waals surface area contributed by atoms with Gasteiger partial charge in [-0.15, -0.1) is 0 Å². The van der Waals surface area contributed by atoms with Crippen LogP contribution in [0.15, 0.2) is 24.3 Å². The molecule has 1 heterocycles. The van der Waals surface area contributed by atoms with E-state index in [0.717, 1.165) is 4.74 Å². The lowest BCUT2D eigenvalue weighted by molar-refractivity contribution is -0.808. The van der Waals surface area contributed by atoms with Crippen LogP contribution in [0.2, 0.25) is 0 Å². The Labute approximate surface area is 132 Å². The number of nitrogens with zero attached hydrogens (tertiary/aromatic N) is 3. The third kappa shape index (κ3) is 3.16. The number of nitro groups is 1. The Bertz CT molecular complexity index is 631. The molecule has 1 aromatic carbocycles. The van der Waals surface area contributed by atoms with Gasteiger partial charge in [-0.1, -0.05) is 30.0 Å². The van der Waals surface area contributed by atoms with E-state index in [1.54, 1.807) is 12.1 Å². The Morgan fingerprint density at radius 3 is 2.71 bits per heavy atom. The molecule has 0 bridgehead atoms. The van der Waals surface area contributed by atoms with Crippen molar-refractivity contribution in [1.29, 1.82) is 0 Å². The Morgan fingerprint density at radius 1 is 1.52 bits per heavy atom. The highest BCUT2D eigenvalue weighted by molar-refractivity contribution is 8.24. The first kappa shape index (κ1) is 15.7. The van der Waals surface area contributed by atoms with E-state index in [0.29, 0.717) is 9.88 Å². The summed E-state index contributed by atoms with van der Waals surface area (Å²) in [5.74, 6) is 0. The van der Waals surface area contributed by atoms with Gasteiger partial charge in [0, 0.05) is 24.7 Å². The number of hydroxylamine groups is 1. The van der Waals surface area contributed by atoms with Crippen molar-refractivity contribution < 1.29 is 14.9 Å². The van der Waals surface area contributed by atoms with Crippen molar-refractivity contribution in [1.82, 2.24) is 4.90 Å². The molecule has 1 fully saturated rings. The van der Waals surface area contributed by atoms with E-state index in [1.807, 2.05) is 25.8 Å². The fourth-order valence-corrected chi connectivity index (χ4v) is 4.16. The number of thiocarbonyl (C=S) groups is 1. The molecular formula is C13H16N3O3S2+. The Kier molecular flexibility index (Phi) is 4.20. The summed E-state index contributed by atoms with van der Waals surface area (Å²) in [6.07, 6.45) is 1.14. The van der Waals surface area contributed by atoms with Crippen LogP contribution in [0.5, 0.6) is 0 Å². The van der Waals surface area contributed by atoms with Gasteiger partial charge < -0.3 is 0 Å². The van der Waals surface area contributed by atoms with Crippen molar-refractivity contribution in [2.24, 2.45) is 0 Å². The van der Waals surface area contributed by atoms with E-state index < -0.39 is 4.92 Å². The average Bonchev–Trinajstić information content (AvgIpc) is 2.58. The summed E-state index contributed by atoms with van der Waals surface area (Å²) in [6, 6.07) is 6.11. The second kappa shape index (κ2) is 5.61. The molecule has 0 saturated carbocycles. The Balaban J connectivity index is 2.35. The van der Waals surface area contributed by atoms with Gasteiger partial charge in [0.2, 0.25) is 6.21 Å². The van der Waals surface area contributed by atoms with Crippen LogP contribution in [0.3, 0.4) is 0 Å². The van der Waals surface area contributed by atoms with Gasteiger partial charge >= 0.3 is 0 Å². The first-order valence-corrected chi connectivity index (χ1v) is 7.47. The molecule has 0 radical (unpaired) electrons. The maximum Gasteiger partial charge on any atom is 0.292 e. The summed E-state index contributed by atoms with van der Waals surface area (Å²) in [5.41, 5.74) is 0.541. The second-order valence-corrected chi connectivity index (χ2v) is 7.61. The summed E-state index contributed by atoms with van der Waals surface area (Å²) in [5, 5.41) is 21.1. The molecule has 1 unspecified atom stereocenters. The number of non-ortho nitro benzene ring substituents is 1. The summed E-state index contributed by atoms with van der Waals surface area (Å²) in [7, 11) is 1.82. The predicted octanol–water partition coefficient (Wildman–Crippen LogP) is 2.48. The number of rotatable bonds is 3. The monoisotopic (exact) mass is 326 g/mol. The molecule has 1 saturated heterocycles. The molecule has 6 nitrogen and oxygen atoms in total. The number of thioether (sulfide) groups is 1. The van der Waals surface area contributed by atoms with Crippen molar-refractivity contribution >= 4 is 40.2 Å². The van der Waals surface area contributed by atoms with Gasteiger partial charge in [0.25, 0.3) is 11.9 Å². The van der Waals surface area contributed by atoms with Crippen LogP contribution in [0, 0.1) is 10.1 Å². The van der Waals surface area contributed by atoms with Crippen LogP contribution in [-0.4, -0.2) is 48.3 Å². The molecule has 0 aromatic heterocycles. The smallest absolute Gasteiger partial charge is 0.292 e. The molecule has 2 rings (SSSR count). The third-order valence-corrected chi connectivity index (χ3v) is 4.98. The van der Waals surface area contributed by atoms with Crippen LogP contribution in [-0.2, 0) is 0 Å². The molecule has 112 valence electrons. The first-order chi connectivity index (χ1) is 9.72. The number of nitro benzene ring substituents is 1. The minimum absolute atomic E-state index is 0.0129. The maximum atomic E-state index is 10.8. The third-order valence-electron chi connectivity index (χ3n) is 3.24. The molecule has 1 aliphatic rings. The minimum Gasteiger partial charge on any atom is -0.298 e. The molecule has 0 aliphatic carbocycles. The summed E-state index contributed by atoms with van der Waals surface area (Å²) >= 11 is 6.77. The zero-order chi connectivity index (χ0) is 15.8. The fraction of sp³-hybridized carbons (Fsp3) is 0.385. The van der Waals surface area contributed by atoms with Crippen LogP contribution in [0.4, 0.5) is 5.69 Å². The lowest BCUT2D eigenvalue weighted by Gasteiger charge is -2.21. The molecule has 1 atom stereocenters. The summed E-state index contributed by atoms with van der Waals surface area (Å²) in [6.45, 7) is 3.98. The van der Waals surface area contributed by atoms with Gasteiger partial charge in [-0.05, 0) is 24.7 Å². The van der Waals surface area contributed by atoms with E-state index >= 15 is 0 Å². The quantitative estimate of drug-likeness (QED) is 0.230. The second-order valence-electron chi connectivity index (χ2n) is 5.32. The Morgan fingerprint density at radius 2 is 2.19 bits per heavy atom. The van der Waals surface area contributed by atoms with Gasteiger partial charge in [-0.3, -0.25) is 20.2 Å². The number of hydrogen-bond donors (Lipinski definition) is 1. The molecule has 1 aromatic rings. The van der Waals surface area contributed by atoms with Gasteiger partial charge in [0.15, 0.2) is 0 Å². The first-order valence-electron chi connectivity index (χ1n) is 6.25. The fourth-order valence-electron chi connectivity index (χ4n) is 2.35. The van der Waals surface area contributed by atoms with Crippen LogP contribution < -0.4 is 0 Å². The largest absolute Gasteiger partial charge is 0.298 e. The van der Waals surface area contributed by atoms with Crippen molar-refractivity contribution in [2.75, 3.05) is 7.05 Å². The molecule has 1 N–H and O–H groups in total. The molecule has 8 heteroatoms. The lowest BCUT2D eigenvalue weighted by Crippen LogP contribution is -2.47. The van der Waals surface area contributed by atoms with Crippen LogP contribution >= 0.6 is 24.0 Å². The molecular weight excluding hydrogens is 310 g/mol. The van der Waals surface area contributed by atoms with Gasteiger partial charge in [-0.25, -0.2) is 0 Å². The van der Waals surface area contributed by atoms with E-state index in [4.69, 9.17) is 12.2 Å². The summed E-state index contributed by atoms with van der Waals surface area (Å²) in [4.78, 5) is 12.1. The van der Waals surface area contributed by atoms with Crippen molar-refractivity contribution in [3.63, 3.8) is 0 Å².